The largest absolute Gasteiger partial charge is 0.386 e. The van der Waals surface area contributed by atoms with E-state index in [1.165, 1.54) is 0 Å². The van der Waals surface area contributed by atoms with Crippen LogP contribution in [0.5, 0.6) is 0 Å². The van der Waals surface area contributed by atoms with E-state index in [9.17, 15) is 9.90 Å². The van der Waals surface area contributed by atoms with Crippen molar-refractivity contribution in [2.45, 2.75) is 32.9 Å². The van der Waals surface area contributed by atoms with Gasteiger partial charge in [-0.1, -0.05) is 44.2 Å². The van der Waals surface area contributed by atoms with E-state index in [1.807, 2.05) is 44.2 Å². The molecular formula is C13H19NO2. The molecule has 0 saturated heterocycles. The number of amides is 1. The van der Waals surface area contributed by atoms with Gasteiger partial charge in [-0.2, -0.15) is 0 Å². The first kappa shape index (κ1) is 12.7. The van der Waals surface area contributed by atoms with Crippen LogP contribution in [0.1, 0.15) is 32.4 Å². The zero-order valence-electron chi connectivity index (χ0n) is 9.97. The van der Waals surface area contributed by atoms with Crippen LogP contribution in [0, 0.1) is 5.92 Å². The summed E-state index contributed by atoms with van der Waals surface area (Å²) in [6.45, 7) is 5.46. The number of hydrogen-bond donors (Lipinski definition) is 2. The quantitative estimate of drug-likeness (QED) is 0.815. The van der Waals surface area contributed by atoms with Gasteiger partial charge in [0.2, 0.25) is 5.91 Å². The summed E-state index contributed by atoms with van der Waals surface area (Å²) < 4.78 is 0. The second kappa shape index (κ2) is 5.66. The molecule has 3 heteroatoms. The van der Waals surface area contributed by atoms with E-state index in [0.717, 1.165) is 5.56 Å². The van der Waals surface area contributed by atoms with Crippen LogP contribution < -0.4 is 5.32 Å². The molecule has 0 heterocycles. The maximum Gasteiger partial charge on any atom is 0.222 e. The van der Waals surface area contributed by atoms with E-state index in [-0.39, 0.29) is 17.9 Å². The highest BCUT2D eigenvalue weighted by Crippen LogP contribution is 2.16. The summed E-state index contributed by atoms with van der Waals surface area (Å²) in [5.74, 6) is -0.104. The molecule has 2 N–H and O–H groups in total. The maximum absolute atomic E-state index is 11.5. The minimum atomic E-state index is -0.663. The van der Waals surface area contributed by atoms with Gasteiger partial charge in [-0.05, 0) is 12.5 Å². The molecule has 0 aliphatic heterocycles. The van der Waals surface area contributed by atoms with Crippen LogP contribution >= 0.6 is 0 Å². The van der Waals surface area contributed by atoms with Crippen molar-refractivity contribution in [2.75, 3.05) is 0 Å². The van der Waals surface area contributed by atoms with Crippen molar-refractivity contribution >= 4 is 5.91 Å². The van der Waals surface area contributed by atoms with Crippen molar-refractivity contribution in [3.8, 4) is 0 Å². The summed E-state index contributed by atoms with van der Waals surface area (Å²) in [5, 5.41) is 12.8. The van der Waals surface area contributed by atoms with Gasteiger partial charge in [0.1, 0.15) is 0 Å². The standard InChI is InChI=1S/C13H19NO2/c1-9(2)13(16)14-10(3)12(15)11-7-5-4-6-8-11/h4-10,12,15H,1-3H3,(H,14,16)/t10-,12+/m1/s1. The smallest absolute Gasteiger partial charge is 0.222 e. The molecule has 0 fully saturated rings. The average Bonchev–Trinajstić information content (AvgIpc) is 2.28. The maximum atomic E-state index is 11.5. The van der Waals surface area contributed by atoms with Crippen molar-refractivity contribution < 1.29 is 9.90 Å². The van der Waals surface area contributed by atoms with Gasteiger partial charge in [-0.3, -0.25) is 4.79 Å². The van der Waals surface area contributed by atoms with Crippen molar-refractivity contribution in [2.24, 2.45) is 5.92 Å². The molecule has 1 amide bonds. The Morgan fingerprint density at radius 3 is 2.25 bits per heavy atom. The Morgan fingerprint density at radius 1 is 1.19 bits per heavy atom. The van der Waals surface area contributed by atoms with Crippen LogP contribution in [0.25, 0.3) is 0 Å². The summed E-state index contributed by atoms with van der Waals surface area (Å²) in [4.78, 5) is 11.5. The fraction of sp³-hybridized carbons (Fsp3) is 0.462. The molecule has 88 valence electrons. The van der Waals surface area contributed by atoms with Crippen molar-refractivity contribution in [3.05, 3.63) is 35.9 Å². The van der Waals surface area contributed by atoms with Gasteiger partial charge < -0.3 is 10.4 Å². The van der Waals surface area contributed by atoms with E-state index in [1.54, 1.807) is 6.92 Å². The van der Waals surface area contributed by atoms with Crippen LogP contribution in [-0.2, 0) is 4.79 Å². The summed E-state index contributed by atoms with van der Waals surface area (Å²) in [6.07, 6.45) is -0.663. The molecule has 0 aliphatic carbocycles. The Morgan fingerprint density at radius 2 is 1.75 bits per heavy atom. The van der Waals surface area contributed by atoms with Crippen LogP contribution in [0.15, 0.2) is 30.3 Å². The molecule has 1 aromatic rings. The van der Waals surface area contributed by atoms with E-state index < -0.39 is 6.10 Å². The van der Waals surface area contributed by atoms with Crippen molar-refractivity contribution in [1.29, 1.82) is 0 Å². The third-order valence-electron chi connectivity index (χ3n) is 2.51. The van der Waals surface area contributed by atoms with E-state index in [4.69, 9.17) is 0 Å². The van der Waals surface area contributed by atoms with Crippen LogP contribution in [0.4, 0.5) is 0 Å². The monoisotopic (exact) mass is 221 g/mol. The third kappa shape index (κ3) is 3.35. The number of aliphatic hydroxyl groups excluding tert-OH is 1. The van der Waals surface area contributed by atoms with Crippen LogP contribution in [-0.4, -0.2) is 17.1 Å². The predicted molar refractivity (Wildman–Crippen MR) is 63.8 cm³/mol. The molecular weight excluding hydrogens is 202 g/mol. The number of benzene rings is 1. The molecule has 0 unspecified atom stereocenters. The average molecular weight is 221 g/mol. The SMILES string of the molecule is CC(C)C(=O)N[C@H](C)[C@H](O)c1ccccc1. The van der Waals surface area contributed by atoms with Gasteiger partial charge in [0.25, 0.3) is 0 Å². The topological polar surface area (TPSA) is 49.3 Å². The Bertz CT molecular complexity index is 335. The van der Waals surface area contributed by atoms with Crippen LogP contribution in [0.2, 0.25) is 0 Å². The summed E-state index contributed by atoms with van der Waals surface area (Å²) >= 11 is 0. The summed E-state index contributed by atoms with van der Waals surface area (Å²) in [5.41, 5.74) is 0.819. The molecule has 2 atom stereocenters. The van der Waals surface area contributed by atoms with E-state index in [0.29, 0.717) is 0 Å². The molecule has 0 radical (unpaired) electrons. The second-order valence-electron chi connectivity index (χ2n) is 4.31. The Labute approximate surface area is 96.5 Å². The second-order valence-corrected chi connectivity index (χ2v) is 4.31. The molecule has 0 aliphatic rings. The molecule has 3 nitrogen and oxygen atoms in total. The Kier molecular flexibility index (Phi) is 4.50. The van der Waals surface area contributed by atoms with Gasteiger partial charge in [-0.15, -0.1) is 0 Å². The zero-order valence-corrected chi connectivity index (χ0v) is 9.97. The molecule has 0 saturated carbocycles. The zero-order chi connectivity index (χ0) is 12.1. The minimum absolute atomic E-state index is 0.0394. The predicted octanol–water partition coefficient (Wildman–Crippen LogP) is 1.88. The molecule has 0 aromatic heterocycles. The first-order valence-corrected chi connectivity index (χ1v) is 5.55. The summed E-state index contributed by atoms with van der Waals surface area (Å²) in [7, 11) is 0. The van der Waals surface area contributed by atoms with E-state index in [2.05, 4.69) is 5.32 Å². The van der Waals surface area contributed by atoms with E-state index >= 15 is 0 Å². The fourth-order valence-electron chi connectivity index (χ4n) is 1.41. The molecule has 1 rings (SSSR count). The lowest BCUT2D eigenvalue weighted by Gasteiger charge is -2.21. The lowest BCUT2D eigenvalue weighted by atomic mass is 10.0. The molecule has 1 aromatic carbocycles. The summed E-state index contributed by atoms with van der Waals surface area (Å²) in [6, 6.07) is 9.06. The van der Waals surface area contributed by atoms with Gasteiger partial charge in [0.05, 0.1) is 12.1 Å². The van der Waals surface area contributed by atoms with Gasteiger partial charge in [0, 0.05) is 5.92 Å². The number of nitrogens with one attached hydrogen (secondary N) is 1. The lowest BCUT2D eigenvalue weighted by Crippen LogP contribution is -2.39. The first-order chi connectivity index (χ1) is 7.52. The minimum Gasteiger partial charge on any atom is -0.386 e. The van der Waals surface area contributed by atoms with Crippen molar-refractivity contribution in [3.63, 3.8) is 0 Å². The number of carbonyl (C=O) groups is 1. The molecule has 0 spiro atoms. The normalized spacial score (nSPS) is 14.6. The third-order valence-corrected chi connectivity index (χ3v) is 2.51. The Balaban J connectivity index is 2.61. The number of carbonyl (C=O) groups excluding carboxylic acids is 1. The van der Waals surface area contributed by atoms with Gasteiger partial charge >= 0.3 is 0 Å². The lowest BCUT2D eigenvalue weighted by molar-refractivity contribution is -0.125. The van der Waals surface area contributed by atoms with Gasteiger partial charge in [0.15, 0.2) is 0 Å². The highest BCUT2D eigenvalue weighted by Gasteiger charge is 2.19. The highest BCUT2D eigenvalue weighted by atomic mass is 16.3. The molecule has 16 heavy (non-hydrogen) atoms. The van der Waals surface area contributed by atoms with Crippen molar-refractivity contribution in [1.82, 2.24) is 5.32 Å². The number of aliphatic hydroxyl groups is 1. The van der Waals surface area contributed by atoms with Gasteiger partial charge in [-0.25, -0.2) is 0 Å². The first-order valence-electron chi connectivity index (χ1n) is 5.55. The number of hydrogen-bond acceptors (Lipinski definition) is 2. The highest BCUT2D eigenvalue weighted by molar-refractivity contribution is 5.78. The molecule has 0 bridgehead atoms. The number of rotatable bonds is 4. The van der Waals surface area contributed by atoms with Crippen LogP contribution in [0.3, 0.4) is 0 Å². The fourth-order valence-corrected chi connectivity index (χ4v) is 1.41. The Hall–Kier alpha value is -1.35.